The molecule has 0 fully saturated rings. The van der Waals surface area contributed by atoms with Crippen LogP contribution in [0.25, 0.3) is 11.0 Å². The van der Waals surface area contributed by atoms with Crippen molar-refractivity contribution in [3.8, 4) is 0 Å². The summed E-state index contributed by atoms with van der Waals surface area (Å²) in [7, 11) is 0. The molecule has 55 heavy (non-hydrogen) atoms. The molecule has 1 aromatic heterocycles. The van der Waals surface area contributed by atoms with Gasteiger partial charge in [0, 0.05) is 33.8 Å². The highest BCUT2D eigenvalue weighted by molar-refractivity contribution is 7.00. The minimum Gasteiger partial charge on any atom is -0.468 e. The molecule has 5 aromatic carbocycles. The van der Waals surface area contributed by atoms with Crippen LogP contribution in [0.5, 0.6) is 0 Å². The van der Waals surface area contributed by atoms with Crippen molar-refractivity contribution in [2.75, 3.05) is 9.80 Å². The monoisotopic (exact) mass is 724 g/mol. The van der Waals surface area contributed by atoms with Gasteiger partial charge in [0.2, 0.25) is 0 Å². The van der Waals surface area contributed by atoms with Gasteiger partial charge in [-0.25, -0.2) is 0 Å². The van der Waals surface area contributed by atoms with Gasteiger partial charge in [-0.3, -0.25) is 0 Å². The van der Waals surface area contributed by atoms with Crippen LogP contribution in [0.1, 0.15) is 121 Å². The fourth-order valence-electron chi connectivity index (χ4n) is 9.95. The number of hydrogen-bond acceptors (Lipinski definition) is 3. The lowest BCUT2D eigenvalue weighted by Gasteiger charge is -2.49. The molecule has 0 N–H and O–H groups in total. The van der Waals surface area contributed by atoms with E-state index in [-0.39, 0.29) is 28.4 Å². The molecule has 9 rings (SSSR count). The lowest BCUT2D eigenvalue weighted by Crippen LogP contribution is -2.61. The maximum atomic E-state index is 7.21. The van der Waals surface area contributed by atoms with Gasteiger partial charge in [0.1, 0.15) is 5.58 Å². The highest BCUT2D eigenvalue weighted by Gasteiger charge is 2.50. The van der Waals surface area contributed by atoms with Gasteiger partial charge in [-0.2, -0.15) is 0 Å². The summed E-state index contributed by atoms with van der Waals surface area (Å²) in [6.45, 7) is 30.4. The van der Waals surface area contributed by atoms with E-state index in [4.69, 9.17) is 4.42 Å². The fraction of sp³-hybridized carbons (Fsp3) is 0.373. The lowest BCUT2D eigenvalue weighted by molar-refractivity contribution is 0.333. The summed E-state index contributed by atoms with van der Waals surface area (Å²) in [5, 5.41) is 1.17. The Hall–Kier alpha value is -4.70. The zero-order valence-corrected chi connectivity index (χ0v) is 35.4. The number of anilines is 6. The second kappa shape index (κ2) is 11.7. The molecule has 0 saturated carbocycles. The zero-order chi connectivity index (χ0) is 39.1. The Labute approximate surface area is 329 Å². The number of nitrogens with zero attached hydrogens (tertiary/aromatic N) is 2. The smallest absolute Gasteiger partial charge is 0.297 e. The molecular weight excluding hydrogens is 667 g/mol. The van der Waals surface area contributed by atoms with E-state index in [1.54, 1.807) is 0 Å². The predicted octanol–water partition coefficient (Wildman–Crippen LogP) is 12.4. The number of fused-ring (bicyclic) bond motifs is 8. The van der Waals surface area contributed by atoms with Gasteiger partial charge in [0.25, 0.3) is 6.71 Å². The van der Waals surface area contributed by atoms with Crippen molar-refractivity contribution in [2.45, 2.75) is 125 Å². The quantitative estimate of drug-likeness (QED) is 0.166. The van der Waals surface area contributed by atoms with Crippen LogP contribution in [-0.2, 0) is 21.7 Å². The summed E-state index contributed by atoms with van der Waals surface area (Å²) < 4.78 is 7.21. The van der Waals surface area contributed by atoms with Crippen LogP contribution in [0.4, 0.5) is 34.1 Å². The number of aryl methyl sites for hydroxylation is 3. The molecule has 0 amide bonds. The second-order valence-electron chi connectivity index (χ2n) is 20.4. The van der Waals surface area contributed by atoms with Crippen LogP contribution in [0.2, 0.25) is 0 Å². The maximum Gasteiger partial charge on any atom is 0.297 e. The van der Waals surface area contributed by atoms with Gasteiger partial charge in [-0.1, -0.05) is 117 Å². The first kappa shape index (κ1) is 36.0. The highest BCUT2D eigenvalue weighted by atomic mass is 16.3. The van der Waals surface area contributed by atoms with Crippen molar-refractivity contribution in [3.63, 3.8) is 0 Å². The molecule has 3 aliphatic rings. The molecule has 280 valence electrons. The number of benzene rings is 5. The molecule has 0 radical (unpaired) electrons. The molecule has 0 saturated heterocycles. The third-order valence-electron chi connectivity index (χ3n) is 13.2. The van der Waals surface area contributed by atoms with Crippen molar-refractivity contribution in [3.05, 3.63) is 124 Å². The first-order chi connectivity index (χ1) is 25.8. The Morgan fingerprint density at radius 2 is 1.24 bits per heavy atom. The Balaban J connectivity index is 1.42. The molecule has 4 heteroatoms. The highest BCUT2D eigenvalue weighted by Crippen LogP contribution is 2.54. The van der Waals surface area contributed by atoms with Gasteiger partial charge in [0.05, 0.1) is 11.3 Å². The molecule has 0 unspecified atom stereocenters. The first-order valence-corrected chi connectivity index (χ1v) is 20.4. The average molecular weight is 725 g/mol. The van der Waals surface area contributed by atoms with Gasteiger partial charge in [-0.05, 0) is 142 Å². The standard InChI is InChI=1S/C51H57BN2O/c1-30-14-23-42-36(26-30)45-47(55-42)52-38-21-20-37-43(51(12,13)25-24-50(37,10)11)46(38)54(39-22-17-34(29-32(39)3)49(7,8)9)41-28-31(2)27-40(44(41)52)53(45)35-18-15-33(16-19-35)48(4,5)6/h14-23,26-29H,24-25H2,1-13H3. The summed E-state index contributed by atoms with van der Waals surface area (Å²) in [6, 6.07) is 33.0. The van der Waals surface area contributed by atoms with E-state index in [0.717, 1.165) is 23.4 Å². The molecular formula is C51H57BN2O. The molecule has 3 heterocycles. The maximum absolute atomic E-state index is 7.21. The third kappa shape index (κ3) is 5.37. The van der Waals surface area contributed by atoms with E-state index in [2.05, 4.69) is 185 Å². The minimum absolute atomic E-state index is 0.0127. The Bertz CT molecular complexity index is 2550. The van der Waals surface area contributed by atoms with Crippen LogP contribution in [0, 0.1) is 20.8 Å². The van der Waals surface area contributed by atoms with E-state index < -0.39 is 0 Å². The summed E-state index contributed by atoms with van der Waals surface area (Å²) in [4.78, 5) is 5.18. The van der Waals surface area contributed by atoms with Crippen molar-refractivity contribution < 1.29 is 4.42 Å². The van der Waals surface area contributed by atoms with Crippen molar-refractivity contribution in [1.29, 1.82) is 0 Å². The largest absolute Gasteiger partial charge is 0.468 e. The van der Waals surface area contributed by atoms with Crippen molar-refractivity contribution >= 4 is 68.4 Å². The number of hydrogen-bond donors (Lipinski definition) is 0. The second-order valence-corrected chi connectivity index (χ2v) is 20.4. The summed E-state index contributed by atoms with van der Waals surface area (Å²) >= 11 is 0. The summed E-state index contributed by atoms with van der Waals surface area (Å²) in [5.41, 5.74) is 21.6. The Kier molecular flexibility index (Phi) is 7.63. The van der Waals surface area contributed by atoms with Crippen LogP contribution in [0.3, 0.4) is 0 Å². The summed E-state index contributed by atoms with van der Waals surface area (Å²) in [6.07, 6.45) is 2.31. The third-order valence-corrected chi connectivity index (χ3v) is 13.2. The number of furan rings is 1. The van der Waals surface area contributed by atoms with Crippen molar-refractivity contribution in [1.82, 2.24) is 0 Å². The van der Waals surface area contributed by atoms with Crippen LogP contribution < -0.4 is 26.4 Å². The topological polar surface area (TPSA) is 19.6 Å². The fourth-order valence-corrected chi connectivity index (χ4v) is 9.95. The lowest BCUT2D eigenvalue weighted by atomic mass is 9.35. The molecule has 0 atom stereocenters. The zero-order valence-electron chi connectivity index (χ0n) is 35.4. The molecule has 1 aliphatic carbocycles. The molecule has 3 nitrogen and oxygen atoms in total. The Morgan fingerprint density at radius 3 is 1.89 bits per heavy atom. The minimum atomic E-state index is -0.0649. The SMILES string of the molecule is Cc1cc2c3c(c1)N(c1ccc(C(C)(C)C)cc1)c1c(oc4ccc(C)cc14)B3c1ccc3c(c1N2c1ccc(C(C)(C)C)cc1C)C(C)(C)CCC3(C)C. The number of rotatable bonds is 2. The molecule has 2 aliphatic heterocycles. The van der Waals surface area contributed by atoms with Crippen LogP contribution in [-0.4, -0.2) is 6.71 Å². The predicted molar refractivity (Wildman–Crippen MR) is 237 cm³/mol. The van der Waals surface area contributed by atoms with Gasteiger partial charge < -0.3 is 14.2 Å². The van der Waals surface area contributed by atoms with Crippen LogP contribution in [0.15, 0.2) is 89.3 Å². The van der Waals surface area contributed by atoms with E-state index in [9.17, 15) is 0 Å². The Morgan fingerprint density at radius 1 is 0.600 bits per heavy atom. The van der Waals surface area contributed by atoms with Gasteiger partial charge in [-0.15, -0.1) is 0 Å². The van der Waals surface area contributed by atoms with Gasteiger partial charge in [0.15, 0.2) is 0 Å². The molecule has 0 bridgehead atoms. The first-order valence-electron chi connectivity index (χ1n) is 20.4. The normalized spacial score (nSPS) is 16.9. The van der Waals surface area contributed by atoms with E-state index >= 15 is 0 Å². The molecule has 6 aromatic rings. The molecule has 0 spiro atoms. The van der Waals surface area contributed by atoms with Crippen LogP contribution >= 0.6 is 0 Å². The van der Waals surface area contributed by atoms with E-state index in [1.165, 1.54) is 90.1 Å². The van der Waals surface area contributed by atoms with E-state index in [0.29, 0.717) is 0 Å². The summed E-state index contributed by atoms with van der Waals surface area (Å²) in [5.74, 6) is 0. The van der Waals surface area contributed by atoms with E-state index in [1.807, 2.05) is 0 Å². The van der Waals surface area contributed by atoms with Gasteiger partial charge >= 0.3 is 0 Å². The van der Waals surface area contributed by atoms with Crippen molar-refractivity contribution in [2.24, 2.45) is 0 Å². The average Bonchev–Trinajstić information content (AvgIpc) is 3.47.